The van der Waals surface area contributed by atoms with Gasteiger partial charge in [-0.1, -0.05) is 35.9 Å². The Morgan fingerprint density at radius 1 is 1.12 bits per heavy atom. The van der Waals surface area contributed by atoms with Crippen molar-refractivity contribution in [3.63, 3.8) is 0 Å². The minimum Gasteiger partial charge on any atom is -0.491 e. The van der Waals surface area contributed by atoms with Crippen molar-refractivity contribution >= 4 is 23.3 Å². The first-order valence-electron chi connectivity index (χ1n) is 7.89. The molecule has 2 aromatic carbocycles. The highest BCUT2D eigenvalue weighted by atomic mass is 35.5. The van der Waals surface area contributed by atoms with Crippen LogP contribution < -0.4 is 15.4 Å². The Bertz CT molecular complexity index is 711. The lowest BCUT2D eigenvalue weighted by Crippen LogP contribution is -2.39. The van der Waals surface area contributed by atoms with Crippen molar-refractivity contribution in [2.75, 3.05) is 11.9 Å². The van der Waals surface area contributed by atoms with Crippen LogP contribution in [0.15, 0.2) is 36.4 Å². The molecule has 0 heterocycles. The fourth-order valence-corrected chi connectivity index (χ4v) is 2.52. The van der Waals surface area contributed by atoms with Crippen LogP contribution in [-0.2, 0) is 0 Å². The van der Waals surface area contributed by atoms with Gasteiger partial charge in [-0.3, -0.25) is 0 Å². The van der Waals surface area contributed by atoms with Crippen LogP contribution in [0, 0.1) is 20.8 Å². The van der Waals surface area contributed by atoms with E-state index in [1.165, 1.54) is 0 Å². The zero-order chi connectivity index (χ0) is 17.7. The van der Waals surface area contributed by atoms with Crippen molar-refractivity contribution in [3.05, 3.63) is 58.1 Å². The molecule has 1 atom stereocenters. The second-order valence-electron chi connectivity index (χ2n) is 6.00. The van der Waals surface area contributed by atoms with Gasteiger partial charge in [0.2, 0.25) is 0 Å². The summed E-state index contributed by atoms with van der Waals surface area (Å²) in [5, 5.41) is 6.25. The number of hydrogen-bond acceptors (Lipinski definition) is 2. The average Bonchev–Trinajstić information content (AvgIpc) is 2.50. The molecule has 0 aliphatic heterocycles. The molecule has 2 rings (SSSR count). The van der Waals surface area contributed by atoms with Crippen molar-refractivity contribution < 1.29 is 9.53 Å². The Balaban J connectivity index is 1.86. The SMILES string of the molecule is Cc1ccc(NC(=O)NC(C)COc2c(C)cccc2C)cc1Cl. The van der Waals surface area contributed by atoms with Gasteiger partial charge in [0.25, 0.3) is 0 Å². The average molecular weight is 347 g/mol. The van der Waals surface area contributed by atoms with Gasteiger partial charge in [0.15, 0.2) is 0 Å². The number of halogens is 1. The van der Waals surface area contributed by atoms with Crippen LogP contribution in [-0.4, -0.2) is 18.7 Å². The summed E-state index contributed by atoms with van der Waals surface area (Å²) in [5.74, 6) is 0.872. The third-order valence-electron chi connectivity index (χ3n) is 3.69. The lowest BCUT2D eigenvalue weighted by molar-refractivity contribution is 0.236. The number of ether oxygens (including phenoxy) is 1. The smallest absolute Gasteiger partial charge is 0.319 e. The van der Waals surface area contributed by atoms with E-state index in [0.29, 0.717) is 17.3 Å². The zero-order valence-electron chi connectivity index (χ0n) is 14.4. The number of rotatable bonds is 5. The summed E-state index contributed by atoms with van der Waals surface area (Å²) >= 11 is 6.06. The lowest BCUT2D eigenvalue weighted by atomic mass is 10.1. The van der Waals surface area contributed by atoms with Gasteiger partial charge in [-0.15, -0.1) is 0 Å². The van der Waals surface area contributed by atoms with Crippen LogP contribution in [0.3, 0.4) is 0 Å². The van der Waals surface area contributed by atoms with Gasteiger partial charge in [0.1, 0.15) is 12.4 Å². The van der Waals surface area contributed by atoms with Crippen molar-refractivity contribution in [1.82, 2.24) is 5.32 Å². The van der Waals surface area contributed by atoms with Crippen LogP contribution >= 0.6 is 11.6 Å². The van der Waals surface area contributed by atoms with Gasteiger partial charge in [-0.2, -0.15) is 0 Å². The standard InChI is InChI=1S/C19H23ClN2O2/c1-12-8-9-16(10-17(12)20)22-19(23)21-15(4)11-24-18-13(2)6-5-7-14(18)3/h5-10,15H,11H2,1-4H3,(H2,21,22,23). The number of amides is 2. The number of urea groups is 1. The van der Waals surface area contributed by atoms with Crippen LogP contribution in [0.5, 0.6) is 5.75 Å². The highest BCUT2D eigenvalue weighted by Gasteiger charge is 2.10. The Hall–Kier alpha value is -2.20. The largest absolute Gasteiger partial charge is 0.491 e. The van der Waals surface area contributed by atoms with E-state index in [1.807, 2.05) is 58.0 Å². The van der Waals surface area contributed by atoms with E-state index in [1.54, 1.807) is 6.07 Å². The van der Waals surface area contributed by atoms with E-state index < -0.39 is 0 Å². The maximum Gasteiger partial charge on any atom is 0.319 e. The first-order valence-corrected chi connectivity index (χ1v) is 8.27. The van der Waals surface area contributed by atoms with E-state index in [0.717, 1.165) is 22.4 Å². The molecule has 4 nitrogen and oxygen atoms in total. The molecule has 0 radical (unpaired) electrons. The molecular formula is C19H23ClN2O2. The molecule has 0 aliphatic carbocycles. The van der Waals surface area contributed by atoms with Gasteiger partial charge in [0.05, 0.1) is 6.04 Å². The molecule has 0 aliphatic rings. The van der Waals surface area contributed by atoms with Crippen LogP contribution in [0.2, 0.25) is 5.02 Å². The Morgan fingerprint density at radius 2 is 1.79 bits per heavy atom. The quantitative estimate of drug-likeness (QED) is 0.812. The number of hydrogen-bond donors (Lipinski definition) is 2. The molecule has 2 N–H and O–H groups in total. The summed E-state index contributed by atoms with van der Waals surface area (Å²) in [6, 6.07) is 11.0. The minimum absolute atomic E-state index is 0.134. The molecule has 5 heteroatoms. The molecule has 0 bridgehead atoms. The predicted molar refractivity (Wildman–Crippen MR) is 99.2 cm³/mol. The second kappa shape index (κ2) is 8.06. The number of aryl methyl sites for hydroxylation is 3. The van der Waals surface area contributed by atoms with E-state index in [2.05, 4.69) is 10.6 Å². The molecular weight excluding hydrogens is 324 g/mol. The lowest BCUT2D eigenvalue weighted by Gasteiger charge is -2.18. The maximum absolute atomic E-state index is 12.0. The van der Waals surface area contributed by atoms with Gasteiger partial charge in [-0.25, -0.2) is 4.79 Å². The van der Waals surface area contributed by atoms with Crippen molar-refractivity contribution in [2.24, 2.45) is 0 Å². The van der Waals surface area contributed by atoms with Crippen molar-refractivity contribution in [3.8, 4) is 5.75 Å². The molecule has 0 spiro atoms. The summed E-state index contributed by atoms with van der Waals surface area (Å²) in [4.78, 5) is 12.0. The van der Waals surface area contributed by atoms with Crippen molar-refractivity contribution in [2.45, 2.75) is 33.7 Å². The van der Waals surface area contributed by atoms with Gasteiger partial charge in [0, 0.05) is 10.7 Å². The molecule has 0 saturated carbocycles. The van der Waals surface area contributed by atoms with E-state index in [9.17, 15) is 4.79 Å². The van der Waals surface area contributed by atoms with E-state index >= 15 is 0 Å². The van der Waals surface area contributed by atoms with E-state index in [-0.39, 0.29) is 12.1 Å². The molecule has 1 unspecified atom stereocenters. The molecule has 24 heavy (non-hydrogen) atoms. The second-order valence-corrected chi connectivity index (χ2v) is 6.40. The molecule has 0 fully saturated rings. The first kappa shape index (κ1) is 18.1. The number of carbonyl (C=O) groups excluding carboxylic acids is 1. The predicted octanol–water partition coefficient (Wildman–Crippen LogP) is 4.85. The Labute approximate surface area is 148 Å². The maximum atomic E-state index is 12.0. The number of carbonyl (C=O) groups is 1. The molecule has 0 aromatic heterocycles. The normalized spacial score (nSPS) is 11.7. The Kier molecular flexibility index (Phi) is 6.10. The molecule has 128 valence electrons. The summed E-state index contributed by atoms with van der Waals surface area (Å²) in [5.41, 5.74) is 3.80. The third-order valence-corrected chi connectivity index (χ3v) is 4.10. The van der Waals surface area contributed by atoms with Gasteiger partial charge in [-0.05, 0) is 56.5 Å². The highest BCUT2D eigenvalue weighted by Crippen LogP contribution is 2.22. The minimum atomic E-state index is -0.285. The summed E-state index contributed by atoms with van der Waals surface area (Å²) < 4.78 is 5.85. The summed E-state index contributed by atoms with van der Waals surface area (Å²) in [7, 11) is 0. The summed E-state index contributed by atoms with van der Waals surface area (Å²) in [6.07, 6.45) is 0. The third kappa shape index (κ3) is 4.90. The zero-order valence-corrected chi connectivity index (χ0v) is 15.2. The monoisotopic (exact) mass is 346 g/mol. The summed E-state index contributed by atoms with van der Waals surface area (Å²) in [6.45, 7) is 8.23. The molecule has 0 saturated heterocycles. The Morgan fingerprint density at radius 3 is 2.42 bits per heavy atom. The topological polar surface area (TPSA) is 50.4 Å². The van der Waals surface area contributed by atoms with Gasteiger partial charge < -0.3 is 15.4 Å². The van der Waals surface area contributed by atoms with E-state index in [4.69, 9.17) is 16.3 Å². The van der Waals surface area contributed by atoms with Crippen molar-refractivity contribution in [1.29, 1.82) is 0 Å². The van der Waals surface area contributed by atoms with Crippen LogP contribution in [0.25, 0.3) is 0 Å². The van der Waals surface area contributed by atoms with Crippen LogP contribution in [0.1, 0.15) is 23.6 Å². The first-order chi connectivity index (χ1) is 11.4. The fourth-order valence-electron chi connectivity index (χ4n) is 2.34. The highest BCUT2D eigenvalue weighted by molar-refractivity contribution is 6.31. The number of anilines is 1. The number of benzene rings is 2. The molecule has 2 amide bonds. The number of para-hydroxylation sites is 1. The van der Waals surface area contributed by atoms with Gasteiger partial charge >= 0.3 is 6.03 Å². The fraction of sp³-hybridized carbons (Fsp3) is 0.316. The molecule has 2 aromatic rings. The number of nitrogens with one attached hydrogen (secondary N) is 2. The van der Waals surface area contributed by atoms with Crippen LogP contribution in [0.4, 0.5) is 10.5 Å².